The van der Waals surface area contributed by atoms with Crippen molar-refractivity contribution < 1.29 is 0 Å². The van der Waals surface area contributed by atoms with Gasteiger partial charge >= 0.3 is 0 Å². The molecule has 1 aromatic rings. The summed E-state index contributed by atoms with van der Waals surface area (Å²) in [6, 6.07) is 5.98. The molecule has 0 spiro atoms. The minimum absolute atomic E-state index is 0.837. The van der Waals surface area contributed by atoms with Gasteiger partial charge in [0.2, 0.25) is 0 Å². The molecule has 0 unspecified atom stereocenters. The summed E-state index contributed by atoms with van der Waals surface area (Å²) < 4.78 is 1.08. The molecule has 0 fully saturated rings. The molecule has 2 nitrogen and oxygen atoms in total. The minimum Gasteiger partial charge on any atom is -0.320 e. The predicted molar refractivity (Wildman–Crippen MR) is 74.0 cm³/mol. The average Bonchev–Trinajstić information content (AvgIpc) is 2.24. The quantitative estimate of drug-likeness (QED) is 0.812. The average molecular weight is 306 g/mol. The Morgan fingerprint density at radius 1 is 1.44 bits per heavy atom. The van der Waals surface area contributed by atoms with E-state index in [4.69, 9.17) is 11.6 Å². The van der Waals surface area contributed by atoms with E-state index in [0.29, 0.717) is 0 Å². The first-order valence-corrected chi connectivity index (χ1v) is 6.57. The zero-order chi connectivity index (χ0) is 12.0. The molecule has 4 heteroatoms. The maximum absolute atomic E-state index is 6.14. The number of hydrogen-bond acceptors (Lipinski definition) is 2. The molecule has 0 heterocycles. The summed E-state index contributed by atoms with van der Waals surface area (Å²) in [5.41, 5.74) is 1.17. The van der Waals surface area contributed by atoms with Crippen LogP contribution in [0.4, 0.5) is 0 Å². The molecule has 1 aromatic carbocycles. The second-order valence-corrected chi connectivity index (χ2v) is 5.25. The highest BCUT2D eigenvalue weighted by molar-refractivity contribution is 9.10. The van der Waals surface area contributed by atoms with E-state index < -0.39 is 0 Å². The summed E-state index contributed by atoms with van der Waals surface area (Å²) in [4.78, 5) is 2.28. The van der Waals surface area contributed by atoms with Gasteiger partial charge in [-0.2, -0.15) is 0 Å². The van der Waals surface area contributed by atoms with Crippen molar-refractivity contribution in [3.05, 3.63) is 33.3 Å². The van der Waals surface area contributed by atoms with Crippen LogP contribution in [-0.4, -0.2) is 32.1 Å². The van der Waals surface area contributed by atoms with Crippen molar-refractivity contribution in [2.75, 3.05) is 27.2 Å². The second kappa shape index (κ2) is 7.28. The predicted octanol–water partition coefficient (Wildman–Crippen LogP) is 3.14. The van der Waals surface area contributed by atoms with E-state index in [1.807, 2.05) is 19.2 Å². The zero-order valence-corrected chi connectivity index (χ0v) is 12.1. The number of rotatable bonds is 6. The molecule has 0 saturated heterocycles. The third-order valence-electron chi connectivity index (χ3n) is 2.41. The molecule has 0 atom stereocenters. The molecule has 1 rings (SSSR count). The van der Waals surface area contributed by atoms with Gasteiger partial charge in [-0.3, -0.25) is 0 Å². The van der Waals surface area contributed by atoms with Crippen molar-refractivity contribution in [3.8, 4) is 0 Å². The largest absolute Gasteiger partial charge is 0.320 e. The monoisotopic (exact) mass is 304 g/mol. The fraction of sp³-hybridized carbons (Fsp3) is 0.500. The van der Waals surface area contributed by atoms with E-state index in [2.05, 4.69) is 39.3 Å². The van der Waals surface area contributed by atoms with Crippen LogP contribution < -0.4 is 5.32 Å². The first-order chi connectivity index (χ1) is 7.63. The fourth-order valence-electron chi connectivity index (χ4n) is 1.56. The van der Waals surface area contributed by atoms with Crippen LogP contribution in [0.15, 0.2) is 22.7 Å². The lowest BCUT2D eigenvalue weighted by Gasteiger charge is -2.17. The van der Waals surface area contributed by atoms with E-state index in [9.17, 15) is 0 Å². The van der Waals surface area contributed by atoms with Gasteiger partial charge in [0.25, 0.3) is 0 Å². The topological polar surface area (TPSA) is 15.3 Å². The minimum atomic E-state index is 0.837. The molecule has 0 saturated carbocycles. The molecule has 0 bridgehead atoms. The van der Waals surface area contributed by atoms with Gasteiger partial charge in [-0.1, -0.05) is 27.5 Å². The van der Waals surface area contributed by atoms with Crippen LogP contribution in [0.3, 0.4) is 0 Å². The Morgan fingerprint density at radius 2 is 2.19 bits per heavy atom. The van der Waals surface area contributed by atoms with Crippen LogP contribution >= 0.6 is 27.5 Å². The third-order valence-corrected chi connectivity index (χ3v) is 3.28. The molecular formula is C12H18BrClN2. The summed E-state index contributed by atoms with van der Waals surface area (Å²) in [5, 5.41) is 3.98. The van der Waals surface area contributed by atoms with Crippen molar-refractivity contribution in [2.45, 2.75) is 13.0 Å². The van der Waals surface area contributed by atoms with Gasteiger partial charge < -0.3 is 10.2 Å². The summed E-state index contributed by atoms with van der Waals surface area (Å²) >= 11 is 9.60. The van der Waals surface area contributed by atoms with Gasteiger partial charge in [-0.05, 0) is 57.4 Å². The van der Waals surface area contributed by atoms with Crippen LogP contribution in [0.5, 0.6) is 0 Å². The van der Waals surface area contributed by atoms with Crippen molar-refractivity contribution in [2.24, 2.45) is 0 Å². The highest BCUT2D eigenvalue weighted by Gasteiger charge is 2.04. The number of halogens is 2. The molecule has 0 radical (unpaired) electrons. The maximum atomic E-state index is 6.14. The first-order valence-electron chi connectivity index (χ1n) is 5.40. The Kier molecular flexibility index (Phi) is 6.36. The Hall–Kier alpha value is -0.0900. The Labute approximate surface area is 111 Å². The summed E-state index contributed by atoms with van der Waals surface area (Å²) in [6.45, 7) is 3.02. The number of benzene rings is 1. The van der Waals surface area contributed by atoms with Gasteiger partial charge in [-0.25, -0.2) is 0 Å². The van der Waals surface area contributed by atoms with Crippen LogP contribution in [0.2, 0.25) is 5.02 Å². The highest BCUT2D eigenvalue weighted by atomic mass is 79.9. The number of nitrogens with one attached hydrogen (secondary N) is 1. The normalized spacial score (nSPS) is 11.1. The lowest BCUT2D eigenvalue weighted by atomic mass is 10.2. The molecule has 16 heavy (non-hydrogen) atoms. The van der Waals surface area contributed by atoms with Gasteiger partial charge in [0.05, 0.1) is 0 Å². The molecule has 1 N–H and O–H groups in total. The highest BCUT2D eigenvalue weighted by Crippen LogP contribution is 2.22. The van der Waals surface area contributed by atoms with Crippen LogP contribution in [-0.2, 0) is 6.54 Å². The van der Waals surface area contributed by atoms with Crippen LogP contribution in [0, 0.1) is 0 Å². The standard InChI is InChI=1S/C12H18BrClN2/c1-15-6-3-7-16(2)9-10-8-11(13)4-5-12(10)14/h4-5,8,15H,3,6-7,9H2,1-2H3. The smallest absolute Gasteiger partial charge is 0.0451 e. The van der Waals surface area contributed by atoms with Crippen molar-refractivity contribution in [1.82, 2.24) is 10.2 Å². The van der Waals surface area contributed by atoms with E-state index in [1.54, 1.807) is 0 Å². The molecule has 0 aliphatic carbocycles. The molecular weight excluding hydrogens is 288 g/mol. The summed E-state index contributed by atoms with van der Waals surface area (Å²) in [5.74, 6) is 0. The van der Waals surface area contributed by atoms with Crippen molar-refractivity contribution in [3.63, 3.8) is 0 Å². The first kappa shape index (κ1) is 14.0. The lowest BCUT2D eigenvalue weighted by Crippen LogP contribution is -2.22. The SMILES string of the molecule is CNCCCN(C)Cc1cc(Br)ccc1Cl. The Balaban J connectivity index is 2.48. The van der Waals surface area contributed by atoms with E-state index in [1.165, 1.54) is 5.56 Å². The van der Waals surface area contributed by atoms with E-state index in [-0.39, 0.29) is 0 Å². The molecule has 0 amide bonds. The van der Waals surface area contributed by atoms with Crippen molar-refractivity contribution in [1.29, 1.82) is 0 Å². The number of hydrogen-bond donors (Lipinski definition) is 1. The number of nitrogens with zero attached hydrogens (tertiary/aromatic N) is 1. The Bertz CT molecular complexity index is 331. The fourth-order valence-corrected chi connectivity index (χ4v) is 2.15. The van der Waals surface area contributed by atoms with Gasteiger partial charge in [0.15, 0.2) is 0 Å². The van der Waals surface area contributed by atoms with Crippen molar-refractivity contribution >= 4 is 27.5 Å². The van der Waals surface area contributed by atoms with Crippen LogP contribution in [0.25, 0.3) is 0 Å². The van der Waals surface area contributed by atoms with E-state index >= 15 is 0 Å². The Morgan fingerprint density at radius 3 is 2.88 bits per heavy atom. The molecule has 0 aromatic heterocycles. The van der Waals surface area contributed by atoms with Crippen LogP contribution in [0.1, 0.15) is 12.0 Å². The molecule has 90 valence electrons. The summed E-state index contributed by atoms with van der Waals surface area (Å²) in [6.07, 6.45) is 1.15. The lowest BCUT2D eigenvalue weighted by molar-refractivity contribution is 0.321. The third kappa shape index (κ3) is 4.83. The zero-order valence-electron chi connectivity index (χ0n) is 9.76. The second-order valence-electron chi connectivity index (χ2n) is 3.93. The van der Waals surface area contributed by atoms with E-state index in [0.717, 1.165) is 35.6 Å². The summed E-state index contributed by atoms with van der Waals surface area (Å²) in [7, 11) is 4.10. The molecule has 0 aliphatic heterocycles. The van der Waals surface area contributed by atoms with Gasteiger partial charge in [0.1, 0.15) is 0 Å². The maximum Gasteiger partial charge on any atom is 0.0451 e. The van der Waals surface area contributed by atoms with Gasteiger partial charge in [0, 0.05) is 16.0 Å². The molecule has 0 aliphatic rings. The van der Waals surface area contributed by atoms with Gasteiger partial charge in [-0.15, -0.1) is 0 Å².